The molecular weight excluding hydrogens is 411 g/mol. The molecule has 2 N–H and O–H groups in total. The number of fused-ring (bicyclic) bond motifs is 1. The maximum Gasteiger partial charge on any atom is 0.326 e. The molecule has 0 aromatic heterocycles. The van der Waals surface area contributed by atoms with E-state index in [2.05, 4.69) is 33.2 Å². The number of carbonyl (C=O) groups excluding carboxylic acids is 2. The van der Waals surface area contributed by atoms with Crippen LogP contribution in [0.2, 0.25) is 0 Å². The lowest BCUT2D eigenvalue weighted by Crippen LogP contribution is -2.34. The Morgan fingerprint density at radius 1 is 1.09 bits per heavy atom. The average molecular weight is 424 g/mol. The van der Waals surface area contributed by atoms with Crippen molar-refractivity contribution >= 4 is 40.2 Å². The fourth-order valence-electron chi connectivity index (χ4n) is 2.05. The van der Waals surface area contributed by atoms with Crippen LogP contribution in [0.4, 0.5) is 10.5 Å². The highest BCUT2D eigenvalue weighted by molar-refractivity contribution is 14.1. The SMILES string of the molecule is Cc1ccc(NC(=O)NC(=O)c2ccc3c(c2)OCO3)cc1I. The molecule has 1 aliphatic heterocycles. The minimum Gasteiger partial charge on any atom is -0.454 e. The van der Waals surface area contributed by atoms with E-state index >= 15 is 0 Å². The van der Waals surface area contributed by atoms with Crippen LogP contribution in [0, 0.1) is 10.5 Å². The maximum absolute atomic E-state index is 12.1. The van der Waals surface area contributed by atoms with Crippen molar-refractivity contribution in [3.8, 4) is 11.5 Å². The third kappa shape index (κ3) is 3.55. The highest BCUT2D eigenvalue weighted by Gasteiger charge is 2.17. The summed E-state index contributed by atoms with van der Waals surface area (Å²) < 4.78 is 11.4. The van der Waals surface area contributed by atoms with Crippen molar-refractivity contribution in [2.75, 3.05) is 12.1 Å². The van der Waals surface area contributed by atoms with E-state index in [4.69, 9.17) is 9.47 Å². The minimum absolute atomic E-state index is 0.132. The number of carbonyl (C=O) groups is 2. The molecule has 0 saturated carbocycles. The van der Waals surface area contributed by atoms with E-state index in [0.717, 1.165) is 9.13 Å². The highest BCUT2D eigenvalue weighted by atomic mass is 127. The average Bonchev–Trinajstić information content (AvgIpc) is 2.98. The number of nitrogens with one attached hydrogen (secondary N) is 2. The van der Waals surface area contributed by atoms with Gasteiger partial charge in [-0.25, -0.2) is 4.79 Å². The fraction of sp³-hybridized carbons (Fsp3) is 0.125. The predicted octanol–water partition coefficient (Wildman–Crippen LogP) is 3.29. The molecule has 0 fully saturated rings. The smallest absolute Gasteiger partial charge is 0.326 e. The van der Waals surface area contributed by atoms with Crippen molar-refractivity contribution in [3.05, 3.63) is 51.1 Å². The Labute approximate surface area is 146 Å². The number of benzene rings is 2. The lowest BCUT2D eigenvalue weighted by molar-refractivity contribution is 0.0966. The summed E-state index contributed by atoms with van der Waals surface area (Å²) in [5.74, 6) is 0.564. The summed E-state index contributed by atoms with van der Waals surface area (Å²) in [4.78, 5) is 24.0. The van der Waals surface area contributed by atoms with Gasteiger partial charge in [-0.05, 0) is 65.4 Å². The van der Waals surface area contributed by atoms with Crippen LogP contribution >= 0.6 is 22.6 Å². The number of aryl methyl sites for hydroxylation is 1. The first-order valence-corrected chi connectivity index (χ1v) is 7.89. The van der Waals surface area contributed by atoms with Gasteiger partial charge in [-0.1, -0.05) is 6.07 Å². The molecule has 23 heavy (non-hydrogen) atoms. The second-order valence-electron chi connectivity index (χ2n) is 4.94. The summed E-state index contributed by atoms with van der Waals surface area (Å²) in [5, 5.41) is 4.91. The zero-order valence-electron chi connectivity index (χ0n) is 12.2. The van der Waals surface area contributed by atoms with Crippen LogP contribution in [0.3, 0.4) is 0 Å². The second-order valence-corrected chi connectivity index (χ2v) is 6.10. The summed E-state index contributed by atoms with van der Waals surface area (Å²) in [7, 11) is 0. The molecule has 0 radical (unpaired) electrons. The Hall–Kier alpha value is -2.29. The first-order chi connectivity index (χ1) is 11.0. The second kappa shape index (κ2) is 6.45. The monoisotopic (exact) mass is 424 g/mol. The topological polar surface area (TPSA) is 76.7 Å². The van der Waals surface area contributed by atoms with E-state index in [0.29, 0.717) is 22.7 Å². The Morgan fingerprint density at radius 2 is 1.87 bits per heavy atom. The molecule has 0 atom stereocenters. The number of imide groups is 1. The van der Waals surface area contributed by atoms with Gasteiger partial charge >= 0.3 is 6.03 Å². The Bertz CT molecular complexity index is 792. The quantitative estimate of drug-likeness (QED) is 0.726. The van der Waals surface area contributed by atoms with E-state index in [9.17, 15) is 9.59 Å². The van der Waals surface area contributed by atoms with E-state index in [1.165, 1.54) is 0 Å². The molecule has 3 rings (SSSR count). The van der Waals surface area contributed by atoms with Crippen LogP contribution in [0.5, 0.6) is 11.5 Å². The van der Waals surface area contributed by atoms with E-state index < -0.39 is 11.9 Å². The van der Waals surface area contributed by atoms with Crippen molar-refractivity contribution in [1.82, 2.24) is 5.32 Å². The molecule has 1 aliphatic rings. The van der Waals surface area contributed by atoms with Crippen molar-refractivity contribution in [1.29, 1.82) is 0 Å². The van der Waals surface area contributed by atoms with Crippen molar-refractivity contribution < 1.29 is 19.1 Å². The van der Waals surface area contributed by atoms with Crippen molar-refractivity contribution in [2.45, 2.75) is 6.92 Å². The molecule has 2 aromatic rings. The Balaban J connectivity index is 1.65. The van der Waals surface area contributed by atoms with Crippen LogP contribution < -0.4 is 20.1 Å². The number of urea groups is 1. The molecule has 7 heteroatoms. The molecule has 0 spiro atoms. The minimum atomic E-state index is -0.590. The summed E-state index contributed by atoms with van der Waals surface area (Å²) in [6, 6.07) is 9.68. The number of hydrogen-bond acceptors (Lipinski definition) is 4. The number of amides is 3. The summed E-state index contributed by atoms with van der Waals surface area (Å²) in [6.45, 7) is 2.11. The van der Waals surface area contributed by atoms with Gasteiger partial charge in [0.15, 0.2) is 11.5 Å². The molecule has 3 amide bonds. The number of anilines is 1. The first-order valence-electron chi connectivity index (χ1n) is 6.81. The highest BCUT2D eigenvalue weighted by Crippen LogP contribution is 2.32. The van der Waals surface area contributed by atoms with Gasteiger partial charge in [0.1, 0.15) is 0 Å². The third-order valence-electron chi connectivity index (χ3n) is 3.29. The van der Waals surface area contributed by atoms with E-state index in [-0.39, 0.29) is 6.79 Å². The van der Waals surface area contributed by atoms with Crippen LogP contribution in [0.1, 0.15) is 15.9 Å². The maximum atomic E-state index is 12.1. The Morgan fingerprint density at radius 3 is 2.65 bits per heavy atom. The summed E-state index contributed by atoms with van der Waals surface area (Å²) in [6.07, 6.45) is 0. The fourth-order valence-corrected chi connectivity index (χ4v) is 2.56. The molecule has 0 saturated heterocycles. The predicted molar refractivity (Wildman–Crippen MR) is 92.9 cm³/mol. The largest absolute Gasteiger partial charge is 0.454 e. The molecule has 0 aliphatic carbocycles. The standard InChI is InChI=1S/C16H13IN2O4/c1-9-2-4-11(7-12(9)17)18-16(21)19-15(20)10-3-5-13-14(6-10)23-8-22-13/h2-7H,8H2,1H3,(H2,18,19,20,21). The lowest BCUT2D eigenvalue weighted by atomic mass is 10.2. The van der Waals surface area contributed by atoms with Gasteiger partial charge in [-0.3, -0.25) is 10.1 Å². The third-order valence-corrected chi connectivity index (χ3v) is 4.45. The van der Waals surface area contributed by atoms with E-state index in [1.807, 2.05) is 19.1 Å². The molecule has 0 bridgehead atoms. The lowest BCUT2D eigenvalue weighted by Gasteiger charge is -2.08. The normalized spacial score (nSPS) is 11.9. The molecule has 118 valence electrons. The van der Waals surface area contributed by atoms with Crippen LogP contribution in [-0.4, -0.2) is 18.7 Å². The summed E-state index contributed by atoms with van der Waals surface area (Å²) >= 11 is 2.18. The summed E-state index contributed by atoms with van der Waals surface area (Å²) in [5.41, 5.74) is 2.06. The number of hydrogen-bond donors (Lipinski definition) is 2. The molecular formula is C16H13IN2O4. The van der Waals surface area contributed by atoms with Gasteiger partial charge in [0.25, 0.3) is 5.91 Å². The molecule has 2 aromatic carbocycles. The van der Waals surface area contributed by atoms with Crippen LogP contribution in [0.25, 0.3) is 0 Å². The van der Waals surface area contributed by atoms with Gasteiger partial charge in [-0.2, -0.15) is 0 Å². The van der Waals surface area contributed by atoms with Crippen molar-refractivity contribution in [3.63, 3.8) is 0 Å². The molecule has 6 nitrogen and oxygen atoms in total. The van der Waals surface area contributed by atoms with Gasteiger partial charge in [0.05, 0.1) is 0 Å². The van der Waals surface area contributed by atoms with E-state index in [1.54, 1.807) is 24.3 Å². The first kappa shape index (κ1) is 15.6. The molecule has 0 unspecified atom stereocenters. The zero-order valence-corrected chi connectivity index (χ0v) is 14.3. The van der Waals surface area contributed by atoms with Crippen LogP contribution in [-0.2, 0) is 0 Å². The zero-order chi connectivity index (χ0) is 16.4. The van der Waals surface area contributed by atoms with Gasteiger partial charge in [0, 0.05) is 14.8 Å². The van der Waals surface area contributed by atoms with Crippen LogP contribution in [0.15, 0.2) is 36.4 Å². The molecule has 1 heterocycles. The number of ether oxygens (including phenoxy) is 2. The Kier molecular flexibility index (Phi) is 4.37. The van der Waals surface area contributed by atoms with Gasteiger partial charge in [0.2, 0.25) is 6.79 Å². The van der Waals surface area contributed by atoms with Gasteiger partial charge < -0.3 is 14.8 Å². The number of rotatable bonds is 2. The number of halogens is 1. The van der Waals surface area contributed by atoms with Crippen molar-refractivity contribution in [2.24, 2.45) is 0 Å². The van der Waals surface area contributed by atoms with Gasteiger partial charge in [-0.15, -0.1) is 0 Å².